The summed E-state index contributed by atoms with van der Waals surface area (Å²) in [5.74, 6) is 0.488. The summed E-state index contributed by atoms with van der Waals surface area (Å²) in [7, 11) is -2.37. The number of methoxy groups -OCH3 is 1. The molecule has 4 atom stereocenters. The highest BCUT2D eigenvalue weighted by Crippen LogP contribution is 2.63. The number of alkyl halides is 1. The van der Waals surface area contributed by atoms with Gasteiger partial charge in [0.1, 0.15) is 5.84 Å². The third-order valence-electron chi connectivity index (χ3n) is 5.72. The first-order chi connectivity index (χ1) is 12.2. The molecule has 2 spiro atoms. The quantitative estimate of drug-likeness (QED) is 0.762. The minimum atomic E-state index is -2.37. The summed E-state index contributed by atoms with van der Waals surface area (Å²) in [6.45, 7) is 1.90. The van der Waals surface area contributed by atoms with Crippen molar-refractivity contribution >= 4 is 27.5 Å². The minimum absolute atomic E-state index is 0.0229. The first-order valence-corrected chi connectivity index (χ1v) is 8.91. The molecule has 0 saturated heterocycles. The average molecular weight is 379 g/mol. The summed E-state index contributed by atoms with van der Waals surface area (Å²) in [5, 5.41) is 0. The van der Waals surface area contributed by atoms with Crippen LogP contribution in [0.15, 0.2) is 34.3 Å². The molecule has 1 aromatic rings. The molecule has 23 heavy (non-hydrogen) atoms. The molecular weight excluding hydrogens is 354 g/mol. The van der Waals surface area contributed by atoms with Crippen molar-refractivity contribution in [3.05, 3.63) is 35.4 Å². The van der Waals surface area contributed by atoms with Gasteiger partial charge >= 0.3 is 0 Å². The van der Waals surface area contributed by atoms with E-state index in [9.17, 15) is 0 Å². The van der Waals surface area contributed by atoms with Crippen molar-refractivity contribution in [1.29, 1.82) is 0 Å². The van der Waals surface area contributed by atoms with Crippen LogP contribution >= 0.6 is 15.9 Å². The molecule has 1 aliphatic heterocycles. The lowest BCUT2D eigenvalue weighted by atomic mass is 9.65. The molecule has 0 bridgehead atoms. The van der Waals surface area contributed by atoms with Crippen LogP contribution in [-0.4, -0.2) is 29.5 Å². The van der Waals surface area contributed by atoms with Crippen LogP contribution in [0.25, 0.3) is 0 Å². The zero-order valence-electron chi connectivity index (χ0n) is 16.1. The van der Waals surface area contributed by atoms with Crippen LogP contribution in [0.3, 0.4) is 0 Å². The zero-order valence-corrected chi connectivity index (χ0v) is 14.6. The largest absolute Gasteiger partial charge is 0.382 e. The van der Waals surface area contributed by atoms with Crippen molar-refractivity contribution in [2.24, 2.45) is 21.1 Å². The predicted octanol–water partition coefficient (Wildman–Crippen LogP) is 3.18. The smallest absolute Gasteiger partial charge is 0.185 e. The van der Waals surface area contributed by atoms with Crippen molar-refractivity contribution in [3.8, 4) is 0 Å². The third kappa shape index (κ3) is 1.92. The molecule has 1 aromatic carbocycles. The lowest BCUT2D eigenvalue weighted by Crippen LogP contribution is -2.50. The summed E-state index contributed by atoms with van der Waals surface area (Å²) in [6, 6.07) is 8.27. The van der Waals surface area contributed by atoms with Gasteiger partial charge in [0.15, 0.2) is 5.66 Å². The Hall–Kier alpha value is -1.20. The van der Waals surface area contributed by atoms with Gasteiger partial charge < -0.3 is 10.5 Å². The van der Waals surface area contributed by atoms with Crippen LogP contribution < -0.4 is 5.73 Å². The Kier molecular flexibility index (Phi) is 2.73. The normalized spacial score (nSPS) is 41.2. The molecule has 5 heteroatoms. The highest BCUT2D eigenvalue weighted by Gasteiger charge is 2.64. The zero-order chi connectivity index (χ0) is 18.7. The fraction of sp³-hybridized carbons (Fsp3) is 0.556. The standard InChI is InChI=1S/C18H22BrN3O/c1-11-16(20)22-18(21-11)14-6-4-3-5-12(14)10-17(18)8-7-13(23-2)9-15(17)19/h3-6,13,15H,7-10H2,1-2H3,(H2,20,22)/t13-,15?,17+,18?/m1/s1/i2D3. The summed E-state index contributed by atoms with van der Waals surface area (Å²) in [4.78, 5) is 9.88. The first-order valence-electron chi connectivity index (χ1n) is 9.49. The molecule has 4 nitrogen and oxygen atoms in total. The number of hydrogen-bond donors (Lipinski definition) is 1. The molecule has 0 amide bonds. The second-order valence-corrected chi connectivity index (χ2v) is 7.94. The summed E-state index contributed by atoms with van der Waals surface area (Å²) < 4.78 is 27.5. The van der Waals surface area contributed by atoms with E-state index in [1.54, 1.807) is 0 Å². The van der Waals surface area contributed by atoms with Crippen molar-refractivity contribution in [1.82, 2.24) is 0 Å². The van der Waals surface area contributed by atoms with E-state index >= 15 is 0 Å². The maximum atomic E-state index is 7.39. The lowest BCUT2D eigenvalue weighted by molar-refractivity contribution is 0.00693. The highest BCUT2D eigenvalue weighted by molar-refractivity contribution is 9.09. The Morgan fingerprint density at radius 1 is 1.39 bits per heavy atom. The van der Waals surface area contributed by atoms with E-state index in [0.717, 1.165) is 24.1 Å². The molecule has 2 unspecified atom stereocenters. The Labute approximate surface area is 149 Å². The molecule has 1 fully saturated rings. The molecule has 2 aliphatic carbocycles. The van der Waals surface area contributed by atoms with Crippen molar-refractivity contribution in [2.75, 3.05) is 7.04 Å². The van der Waals surface area contributed by atoms with Gasteiger partial charge in [0.05, 0.1) is 15.9 Å². The molecule has 4 rings (SSSR count). The molecule has 0 radical (unpaired) electrons. The van der Waals surface area contributed by atoms with Gasteiger partial charge in [0, 0.05) is 22.8 Å². The number of nitrogens with two attached hydrogens (primary N) is 1. The van der Waals surface area contributed by atoms with Crippen LogP contribution in [0.4, 0.5) is 0 Å². The summed E-state index contributed by atoms with van der Waals surface area (Å²) in [5.41, 5.74) is 8.26. The van der Waals surface area contributed by atoms with Crippen LogP contribution in [0.2, 0.25) is 0 Å². The SMILES string of the molecule is [2H]C([2H])([2H])O[C@@H]1CC[C@]2(Cc3ccccc3C23N=C(C)C(N)=N3)C(Br)C1. The Balaban J connectivity index is 1.75. The van der Waals surface area contributed by atoms with Gasteiger partial charge in [-0.25, -0.2) is 4.99 Å². The Morgan fingerprint density at radius 3 is 2.91 bits per heavy atom. The van der Waals surface area contributed by atoms with Crippen molar-refractivity contribution in [3.63, 3.8) is 0 Å². The van der Waals surface area contributed by atoms with Crippen LogP contribution in [0.5, 0.6) is 0 Å². The number of nitrogens with zero attached hydrogens (tertiary/aromatic N) is 2. The fourth-order valence-electron chi connectivity index (χ4n) is 4.52. The molecule has 122 valence electrons. The van der Waals surface area contributed by atoms with Crippen molar-refractivity contribution in [2.45, 2.75) is 49.2 Å². The van der Waals surface area contributed by atoms with Gasteiger partial charge in [-0.3, -0.25) is 4.99 Å². The van der Waals surface area contributed by atoms with E-state index in [2.05, 4.69) is 28.1 Å². The number of rotatable bonds is 1. The predicted molar refractivity (Wildman–Crippen MR) is 96.4 cm³/mol. The second kappa shape index (κ2) is 5.15. The summed E-state index contributed by atoms with van der Waals surface area (Å²) in [6.07, 6.45) is 2.59. The van der Waals surface area contributed by atoms with Gasteiger partial charge in [-0.15, -0.1) is 0 Å². The van der Waals surface area contributed by atoms with Crippen LogP contribution in [0, 0.1) is 5.41 Å². The van der Waals surface area contributed by atoms with E-state index in [4.69, 9.17) is 24.6 Å². The molecule has 1 heterocycles. The number of hydrogen-bond acceptors (Lipinski definition) is 4. The van der Waals surface area contributed by atoms with Gasteiger partial charge in [-0.2, -0.15) is 0 Å². The fourth-order valence-corrected chi connectivity index (χ4v) is 5.64. The third-order valence-corrected chi connectivity index (χ3v) is 6.97. The van der Waals surface area contributed by atoms with Crippen LogP contribution in [-0.2, 0) is 16.8 Å². The van der Waals surface area contributed by atoms with Crippen LogP contribution in [0.1, 0.15) is 41.4 Å². The summed E-state index contributed by atoms with van der Waals surface area (Å²) >= 11 is 3.86. The van der Waals surface area contributed by atoms with Crippen molar-refractivity contribution < 1.29 is 8.85 Å². The van der Waals surface area contributed by atoms with Gasteiger partial charge in [0.2, 0.25) is 0 Å². The molecule has 0 aromatic heterocycles. The number of fused-ring (bicyclic) bond motifs is 3. The minimum Gasteiger partial charge on any atom is -0.382 e. The highest BCUT2D eigenvalue weighted by atomic mass is 79.9. The topological polar surface area (TPSA) is 60.0 Å². The van der Waals surface area contributed by atoms with Gasteiger partial charge in [0.25, 0.3) is 0 Å². The Bertz CT molecular complexity index is 789. The number of halogens is 1. The number of amidine groups is 1. The Morgan fingerprint density at radius 2 is 2.22 bits per heavy atom. The maximum Gasteiger partial charge on any atom is 0.185 e. The average Bonchev–Trinajstić information content (AvgIpc) is 2.99. The number of benzene rings is 1. The van der Waals surface area contributed by atoms with E-state index in [1.807, 2.05) is 19.1 Å². The van der Waals surface area contributed by atoms with E-state index < -0.39 is 12.7 Å². The van der Waals surface area contributed by atoms with Gasteiger partial charge in [-0.1, -0.05) is 40.2 Å². The molecule has 3 aliphatic rings. The van der Waals surface area contributed by atoms with E-state index in [0.29, 0.717) is 18.7 Å². The molecular formula is C18H22BrN3O. The monoisotopic (exact) mass is 378 g/mol. The first kappa shape index (κ1) is 12.2. The lowest BCUT2D eigenvalue weighted by Gasteiger charge is -2.48. The molecule has 1 saturated carbocycles. The van der Waals surface area contributed by atoms with E-state index in [-0.39, 0.29) is 16.3 Å². The number of ether oxygens (including phenoxy) is 1. The van der Waals surface area contributed by atoms with E-state index in [1.165, 1.54) is 5.56 Å². The number of aliphatic imine (C=N–C) groups is 2. The maximum absolute atomic E-state index is 7.39. The van der Waals surface area contributed by atoms with Gasteiger partial charge in [-0.05, 0) is 38.2 Å². The second-order valence-electron chi connectivity index (χ2n) is 6.84. The molecule has 2 N–H and O–H groups in total.